The Hall–Kier alpha value is -5.39. The third-order valence-corrected chi connectivity index (χ3v) is 6.42. The summed E-state index contributed by atoms with van der Waals surface area (Å²) >= 11 is 0. The number of nitrogens with one attached hydrogen (secondary N) is 2. The predicted octanol–water partition coefficient (Wildman–Crippen LogP) is 4.85. The molecular weight excluding hydrogens is 524 g/mol. The number of hydrogen-bond donors (Lipinski definition) is 2. The van der Waals surface area contributed by atoms with Crippen LogP contribution in [-0.4, -0.2) is 61.9 Å². The minimum absolute atomic E-state index is 0.248. The highest BCUT2D eigenvalue weighted by Gasteiger charge is 2.31. The molecule has 2 heterocycles. The van der Waals surface area contributed by atoms with E-state index in [2.05, 4.69) is 39.0 Å². The molecule has 212 valence electrons. The lowest BCUT2D eigenvalue weighted by Crippen LogP contribution is -2.46. The largest absolute Gasteiger partial charge is 0.497 e. The van der Waals surface area contributed by atoms with Crippen LogP contribution in [0, 0.1) is 0 Å². The molecule has 41 heavy (non-hydrogen) atoms. The van der Waals surface area contributed by atoms with Gasteiger partial charge in [-0.3, -0.25) is 19.6 Å². The van der Waals surface area contributed by atoms with Gasteiger partial charge in [0, 0.05) is 57.0 Å². The number of benzene rings is 2. The number of anilines is 5. The third-order valence-electron chi connectivity index (χ3n) is 6.42. The smallest absolute Gasteiger partial charge is 0.330 e. The molecular formula is C29H32N8O4. The first-order valence-electron chi connectivity index (χ1n) is 12.5. The maximum absolute atomic E-state index is 13.4. The lowest BCUT2D eigenvalue weighted by atomic mass is 10.1. The molecule has 1 aromatic heterocycles. The van der Waals surface area contributed by atoms with E-state index < -0.39 is 0 Å². The van der Waals surface area contributed by atoms with Crippen molar-refractivity contribution in [3.8, 4) is 11.5 Å². The quantitative estimate of drug-likeness (QED) is 0.206. The number of hydrazone groups is 1. The van der Waals surface area contributed by atoms with Gasteiger partial charge in [0.05, 0.1) is 37.8 Å². The lowest BCUT2D eigenvalue weighted by Gasteiger charge is -2.34. The Morgan fingerprint density at radius 3 is 2.49 bits per heavy atom. The minimum atomic E-state index is -0.366. The highest BCUT2D eigenvalue weighted by atomic mass is 16.5. The van der Waals surface area contributed by atoms with Crippen LogP contribution in [0.15, 0.2) is 66.6 Å². The number of methoxy groups -OCH3 is 2. The van der Waals surface area contributed by atoms with E-state index >= 15 is 0 Å². The molecule has 1 aliphatic heterocycles. The maximum atomic E-state index is 13.4. The summed E-state index contributed by atoms with van der Waals surface area (Å²) in [5.74, 6) is 1.47. The predicted molar refractivity (Wildman–Crippen MR) is 161 cm³/mol. The first kappa shape index (κ1) is 28.6. The van der Waals surface area contributed by atoms with Crippen LogP contribution in [0.2, 0.25) is 0 Å². The fraction of sp³-hybridized carbons (Fsp3) is 0.207. The summed E-state index contributed by atoms with van der Waals surface area (Å²) < 4.78 is 10.7. The number of carbonyl (C=O) groups excluding carboxylic acids is 2. The molecule has 1 aliphatic rings. The van der Waals surface area contributed by atoms with Crippen LogP contribution in [0.1, 0.15) is 18.1 Å². The normalized spacial score (nSPS) is 12.8. The number of urea groups is 1. The summed E-state index contributed by atoms with van der Waals surface area (Å²) in [5, 5.41) is 11.4. The zero-order valence-electron chi connectivity index (χ0n) is 23.6. The number of carbonyl (C=O) groups is 2. The molecule has 0 saturated carbocycles. The first-order chi connectivity index (χ1) is 19.7. The SMILES string of the molecule is C=CC(=O)Nc1ccc(/C(C)=C/N(C)N=C)cc1Nc1ncc2c(n1)N(C)C(=O)N(c1cc(OC)cc(OC)c1)C2. The van der Waals surface area contributed by atoms with Crippen molar-refractivity contribution in [3.63, 3.8) is 0 Å². The van der Waals surface area contributed by atoms with Crippen molar-refractivity contribution >= 4 is 53.1 Å². The molecule has 0 atom stereocenters. The molecule has 0 radical (unpaired) electrons. The summed E-state index contributed by atoms with van der Waals surface area (Å²) in [4.78, 5) is 37.7. The average Bonchev–Trinajstić information content (AvgIpc) is 2.99. The molecule has 2 aromatic carbocycles. The summed E-state index contributed by atoms with van der Waals surface area (Å²) in [6.07, 6.45) is 4.68. The Kier molecular flexibility index (Phi) is 8.51. The molecule has 0 bridgehead atoms. The van der Waals surface area contributed by atoms with Crippen LogP contribution in [0.4, 0.5) is 33.6 Å². The van der Waals surface area contributed by atoms with Crippen molar-refractivity contribution in [2.75, 3.05) is 48.7 Å². The number of amides is 3. The van der Waals surface area contributed by atoms with E-state index in [9.17, 15) is 9.59 Å². The summed E-state index contributed by atoms with van der Waals surface area (Å²) in [5.41, 5.74) is 4.20. The van der Waals surface area contributed by atoms with Crippen molar-refractivity contribution in [1.29, 1.82) is 0 Å². The number of ether oxygens (including phenoxy) is 2. The van der Waals surface area contributed by atoms with Gasteiger partial charge in [0.15, 0.2) is 0 Å². The Labute approximate surface area is 238 Å². The van der Waals surface area contributed by atoms with Crippen LogP contribution in [0.3, 0.4) is 0 Å². The van der Waals surface area contributed by atoms with E-state index in [4.69, 9.17) is 9.47 Å². The van der Waals surface area contributed by atoms with E-state index in [1.54, 1.807) is 68.7 Å². The fourth-order valence-corrected chi connectivity index (χ4v) is 4.22. The fourth-order valence-electron chi connectivity index (χ4n) is 4.22. The van der Waals surface area contributed by atoms with Gasteiger partial charge in [0.25, 0.3) is 0 Å². The molecule has 12 nitrogen and oxygen atoms in total. The molecule has 0 fully saturated rings. The van der Waals surface area contributed by atoms with E-state index in [1.165, 1.54) is 11.0 Å². The Morgan fingerprint density at radius 1 is 1.15 bits per heavy atom. The van der Waals surface area contributed by atoms with Gasteiger partial charge in [-0.2, -0.15) is 10.1 Å². The Morgan fingerprint density at radius 2 is 1.85 bits per heavy atom. The number of fused-ring (bicyclic) bond motifs is 1. The summed E-state index contributed by atoms with van der Waals surface area (Å²) in [6.45, 7) is 9.23. The number of rotatable bonds is 10. The topological polar surface area (TPSA) is 125 Å². The number of aromatic nitrogens is 2. The molecule has 0 unspecified atom stereocenters. The summed E-state index contributed by atoms with van der Waals surface area (Å²) in [7, 11) is 6.53. The molecule has 3 aromatic rings. The van der Waals surface area contributed by atoms with Gasteiger partial charge in [-0.25, -0.2) is 9.78 Å². The lowest BCUT2D eigenvalue weighted by molar-refractivity contribution is -0.111. The van der Waals surface area contributed by atoms with Gasteiger partial charge in [0.2, 0.25) is 11.9 Å². The molecule has 0 saturated heterocycles. The monoisotopic (exact) mass is 556 g/mol. The third kappa shape index (κ3) is 6.27. The van der Waals surface area contributed by atoms with Crippen LogP contribution in [0.5, 0.6) is 11.5 Å². The van der Waals surface area contributed by atoms with E-state index in [0.29, 0.717) is 34.4 Å². The van der Waals surface area contributed by atoms with Gasteiger partial charge in [0.1, 0.15) is 17.3 Å². The Balaban J connectivity index is 1.67. The van der Waals surface area contributed by atoms with E-state index in [1.807, 2.05) is 25.3 Å². The molecule has 0 aliphatic carbocycles. The first-order valence-corrected chi connectivity index (χ1v) is 12.5. The van der Waals surface area contributed by atoms with Gasteiger partial charge in [-0.05, 0) is 36.3 Å². The zero-order chi connectivity index (χ0) is 29.7. The van der Waals surface area contributed by atoms with Crippen LogP contribution >= 0.6 is 0 Å². The molecule has 3 amide bonds. The average molecular weight is 557 g/mol. The molecule has 12 heteroatoms. The summed E-state index contributed by atoms with van der Waals surface area (Å²) in [6, 6.07) is 10.5. The zero-order valence-corrected chi connectivity index (χ0v) is 23.6. The van der Waals surface area contributed by atoms with Crippen molar-refractivity contribution < 1.29 is 19.1 Å². The van der Waals surface area contributed by atoms with E-state index in [-0.39, 0.29) is 24.4 Å². The number of allylic oxidation sites excluding steroid dienone is 1. The second-order valence-corrected chi connectivity index (χ2v) is 9.15. The van der Waals surface area contributed by atoms with Crippen molar-refractivity contribution in [2.24, 2.45) is 5.10 Å². The number of nitrogens with zero attached hydrogens (tertiary/aromatic N) is 6. The minimum Gasteiger partial charge on any atom is -0.497 e. The number of hydrogen-bond acceptors (Lipinski definition) is 9. The van der Waals surface area contributed by atoms with Crippen molar-refractivity contribution in [3.05, 3.63) is 72.6 Å². The van der Waals surface area contributed by atoms with Crippen molar-refractivity contribution in [1.82, 2.24) is 15.0 Å². The standard InChI is InChI=1S/C29H32N8O4/c1-8-26(38)32-24-10-9-19(18(2)16-35(4)30-3)11-25(24)33-28-31-15-20-17-37(29(39)36(5)27(20)34-28)21-12-22(40-6)14-23(13-21)41-7/h8-16H,1,3,17H2,2,4-7H3,(H,32,38)(H,31,33,34)/b18-16+. The van der Waals surface area contributed by atoms with Gasteiger partial charge in [-0.15, -0.1) is 0 Å². The molecule has 4 rings (SSSR count). The second kappa shape index (κ2) is 12.2. The van der Waals surface area contributed by atoms with Gasteiger partial charge < -0.3 is 20.1 Å². The van der Waals surface area contributed by atoms with Gasteiger partial charge >= 0.3 is 6.03 Å². The second-order valence-electron chi connectivity index (χ2n) is 9.15. The maximum Gasteiger partial charge on any atom is 0.330 e. The van der Waals surface area contributed by atoms with Gasteiger partial charge in [-0.1, -0.05) is 12.6 Å². The van der Waals surface area contributed by atoms with E-state index in [0.717, 1.165) is 16.7 Å². The highest BCUT2D eigenvalue weighted by molar-refractivity contribution is 6.05. The van der Waals surface area contributed by atoms with Crippen LogP contribution in [-0.2, 0) is 11.3 Å². The molecule has 0 spiro atoms. The van der Waals surface area contributed by atoms with Crippen LogP contribution in [0.25, 0.3) is 5.57 Å². The van der Waals surface area contributed by atoms with Crippen LogP contribution < -0.4 is 29.9 Å². The molecule has 2 N–H and O–H groups in total. The highest BCUT2D eigenvalue weighted by Crippen LogP contribution is 2.35. The Bertz CT molecular complexity index is 1510. The van der Waals surface area contributed by atoms with Crippen molar-refractivity contribution in [2.45, 2.75) is 13.5 Å².